The molecule has 0 saturated carbocycles. The molecule has 4 nitrogen and oxygen atoms in total. The molecular weight excluding hydrogens is 156 g/mol. The first-order chi connectivity index (χ1) is 5.68. The van der Waals surface area contributed by atoms with Gasteiger partial charge in [-0.1, -0.05) is 0 Å². The molecule has 0 aliphatic heterocycles. The summed E-state index contributed by atoms with van der Waals surface area (Å²) in [7, 11) is 1.67. The summed E-state index contributed by atoms with van der Waals surface area (Å²) >= 11 is 0. The third-order valence-corrected chi connectivity index (χ3v) is 1.49. The summed E-state index contributed by atoms with van der Waals surface area (Å²) in [5.74, 6) is -0.0904. The molecular formula is C8H18N2O2. The van der Waals surface area contributed by atoms with E-state index >= 15 is 0 Å². The van der Waals surface area contributed by atoms with Gasteiger partial charge >= 0.3 is 0 Å². The molecule has 0 fully saturated rings. The Kier molecular flexibility index (Phi) is 6.70. The third kappa shape index (κ3) is 6.12. The van der Waals surface area contributed by atoms with Crippen molar-refractivity contribution < 1.29 is 9.53 Å². The minimum absolute atomic E-state index is 0.0904. The van der Waals surface area contributed by atoms with E-state index in [2.05, 4.69) is 5.32 Å². The van der Waals surface area contributed by atoms with Crippen molar-refractivity contribution in [1.82, 2.24) is 5.32 Å². The Labute approximate surface area is 73.5 Å². The lowest BCUT2D eigenvalue weighted by atomic mass is 10.3. The van der Waals surface area contributed by atoms with Crippen LogP contribution in [0.1, 0.15) is 19.8 Å². The van der Waals surface area contributed by atoms with Gasteiger partial charge in [0, 0.05) is 20.3 Å². The molecule has 0 aliphatic rings. The molecule has 1 atom stereocenters. The smallest absolute Gasteiger partial charge is 0.236 e. The molecule has 1 amide bonds. The maximum Gasteiger partial charge on any atom is 0.236 e. The SMILES string of the molecule is COCCCCNC(=O)[C@H](C)N. The first-order valence-electron chi connectivity index (χ1n) is 4.20. The normalized spacial score (nSPS) is 12.6. The van der Waals surface area contributed by atoms with Crippen molar-refractivity contribution in [3.8, 4) is 0 Å². The molecule has 0 unspecified atom stereocenters. The van der Waals surface area contributed by atoms with Crippen LogP contribution in [0.3, 0.4) is 0 Å². The highest BCUT2D eigenvalue weighted by atomic mass is 16.5. The van der Waals surface area contributed by atoms with Crippen LogP contribution in [-0.4, -0.2) is 32.2 Å². The van der Waals surface area contributed by atoms with E-state index in [4.69, 9.17) is 10.5 Å². The van der Waals surface area contributed by atoms with Crippen molar-refractivity contribution in [3.05, 3.63) is 0 Å². The monoisotopic (exact) mass is 174 g/mol. The predicted molar refractivity (Wildman–Crippen MR) is 47.8 cm³/mol. The number of methoxy groups -OCH3 is 1. The van der Waals surface area contributed by atoms with Crippen molar-refractivity contribution >= 4 is 5.91 Å². The third-order valence-electron chi connectivity index (χ3n) is 1.49. The van der Waals surface area contributed by atoms with Gasteiger partial charge in [0.2, 0.25) is 5.91 Å². The quantitative estimate of drug-likeness (QED) is 0.552. The van der Waals surface area contributed by atoms with Gasteiger partial charge in [0.05, 0.1) is 6.04 Å². The molecule has 0 rings (SSSR count). The molecule has 0 aromatic carbocycles. The molecule has 0 bridgehead atoms. The Balaban J connectivity index is 3.14. The van der Waals surface area contributed by atoms with E-state index in [9.17, 15) is 4.79 Å². The summed E-state index contributed by atoms with van der Waals surface area (Å²) in [6.45, 7) is 3.10. The maximum absolute atomic E-state index is 10.9. The number of unbranched alkanes of at least 4 members (excludes halogenated alkanes) is 1. The standard InChI is InChI=1S/C8H18N2O2/c1-7(9)8(11)10-5-3-4-6-12-2/h7H,3-6,9H2,1-2H3,(H,10,11)/t7-/m0/s1. The van der Waals surface area contributed by atoms with E-state index in [0.717, 1.165) is 19.4 Å². The highest BCUT2D eigenvalue weighted by molar-refractivity contribution is 5.80. The lowest BCUT2D eigenvalue weighted by Crippen LogP contribution is -2.38. The minimum Gasteiger partial charge on any atom is -0.385 e. The van der Waals surface area contributed by atoms with Crippen LogP contribution in [0, 0.1) is 0 Å². The molecule has 0 aliphatic carbocycles. The van der Waals surface area contributed by atoms with Crippen molar-refractivity contribution in [2.24, 2.45) is 5.73 Å². The number of amides is 1. The van der Waals surface area contributed by atoms with Gasteiger partial charge in [-0.2, -0.15) is 0 Å². The minimum atomic E-state index is -0.410. The topological polar surface area (TPSA) is 64.3 Å². The van der Waals surface area contributed by atoms with Gasteiger partial charge in [-0.3, -0.25) is 4.79 Å². The summed E-state index contributed by atoms with van der Waals surface area (Å²) < 4.78 is 4.86. The second kappa shape index (κ2) is 7.06. The number of nitrogens with one attached hydrogen (secondary N) is 1. The number of carbonyl (C=O) groups excluding carboxylic acids is 1. The zero-order valence-electron chi connectivity index (χ0n) is 7.80. The highest BCUT2D eigenvalue weighted by Gasteiger charge is 2.04. The number of hydrogen-bond donors (Lipinski definition) is 2. The fraction of sp³-hybridized carbons (Fsp3) is 0.875. The van der Waals surface area contributed by atoms with Gasteiger partial charge in [-0.05, 0) is 19.8 Å². The first kappa shape index (κ1) is 11.4. The lowest BCUT2D eigenvalue weighted by molar-refractivity contribution is -0.121. The number of hydrogen-bond acceptors (Lipinski definition) is 3. The lowest BCUT2D eigenvalue weighted by Gasteiger charge is -2.06. The molecule has 12 heavy (non-hydrogen) atoms. The molecule has 0 aromatic rings. The van der Waals surface area contributed by atoms with E-state index in [1.165, 1.54) is 0 Å². The van der Waals surface area contributed by atoms with Crippen LogP contribution in [-0.2, 0) is 9.53 Å². The first-order valence-corrected chi connectivity index (χ1v) is 4.20. The Bertz CT molecular complexity index is 126. The number of nitrogens with two attached hydrogens (primary N) is 1. The second-order valence-corrected chi connectivity index (χ2v) is 2.78. The van der Waals surface area contributed by atoms with Gasteiger partial charge in [0.1, 0.15) is 0 Å². The van der Waals surface area contributed by atoms with Gasteiger partial charge in [-0.15, -0.1) is 0 Å². The van der Waals surface area contributed by atoms with Crippen LogP contribution in [0.4, 0.5) is 0 Å². The summed E-state index contributed by atoms with van der Waals surface area (Å²) in [4.78, 5) is 10.9. The Hall–Kier alpha value is -0.610. The fourth-order valence-corrected chi connectivity index (χ4v) is 0.744. The van der Waals surface area contributed by atoms with Crippen LogP contribution in [0.25, 0.3) is 0 Å². The van der Waals surface area contributed by atoms with Crippen LogP contribution in [0.5, 0.6) is 0 Å². The Morgan fingerprint density at radius 1 is 1.58 bits per heavy atom. The van der Waals surface area contributed by atoms with Crippen molar-refractivity contribution in [2.45, 2.75) is 25.8 Å². The van der Waals surface area contributed by atoms with E-state index in [-0.39, 0.29) is 5.91 Å². The van der Waals surface area contributed by atoms with Crippen LogP contribution < -0.4 is 11.1 Å². The number of ether oxygens (including phenoxy) is 1. The molecule has 0 saturated heterocycles. The van der Waals surface area contributed by atoms with Gasteiger partial charge in [0.25, 0.3) is 0 Å². The van der Waals surface area contributed by atoms with E-state index in [1.54, 1.807) is 14.0 Å². The highest BCUT2D eigenvalue weighted by Crippen LogP contribution is 1.87. The van der Waals surface area contributed by atoms with Crippen LogP contribution in [0.2, 0.25) is 0 Å². The molecule has 0 aromatic heterocycles. The average molecular weight is 174 g/mol. The fourth-order valence-electron chi connectivity index (χ4n) is 0.744. The second-order valence-electron chi connectivity index (χ2n) is 2.78. The zero-order valence-corrected chi connectivity index (χ0v) is 7.80. The summed E-state index contributed by atoms with van der Waals surface area (Å²) in [6.07, 6.45) is 1.90. The number of carbonyl (C=O) groups is 1. The largest absolute Gasteiger partial charge is 0.385 e. The molecule has 4 heteroatoms. The molecule has 0 radical (unpaired) electrons. The van der Waals surface area contributed by atoms with Crippen LogP contribution in [0.15, 0.2) is 0 Å². The number of rotatable bonds is 6. The Morgan fingerprint density at radius 2 is 2.25 bits per heavy atom. The van der Waals surface area contributed by atoms with Gasteiger partial charge in [-0.25, -0.2) is 0 Å². The van der Waals surface area contributed by atoms with Crippen molar-refractivity contribution in [2.75, 3.05) is 20.3 Å². The molecule has 72 valence electrons. The van der Waals surface area contributed by atoms with Crippen LogP contribution >= 0.6 is 0 Å². The molecule has 0 heterocycles. The zero-order chi connectivity index (χ0) is 9.40. The van der Waals surface area contributed by atoms with Gasteiger partial charge < -0.3 is 15.8 Å². The van der Waals surface area contributed by atoms with E-state index < -0.39 is 6.04 Å². The summed E-state index contributed by atoms with van der Waals surface area (Å²) in [5, 5.41) is 2.72. The van der Waals surface area contributed by atoms with Crippen molar-refractivity contribution in [1.29, 1.82) is 0 Å². The Morgan fingerprint density at radius 3 is 2.75 bits per heavy atom. The molecule has 3 N–H and O–H groups in total. The van der Waals surface area contributed by atoms with Gasteiger partial charge in [0.15, 0.2) is 0 Å². The van der Waals surface area contributed by atoms with Crippen molar-refractivity contribution in [3.63, 3.8) is 0 Å². The summed E-state index contributed by atoms with van der Waals surface area (Å²) in [6, 6.07) is -0.410. The average Bonchev–Trinajstić information content (AvgIpc) is 2.03. The predicted octanol–water partition coefficient (Wildman–Crippen LogP) is -0.124. The summed E-state index contributed by atoms with van der Waals surface area (Å²) in [5.41, 5.74) is 5.34. The van der Waals surface area contributed by atoms with E-state index in [1.807, 2.05) is 0 Å². The van der Waals surface area contributed by atoms with E-state index in [0.29, 0.717) is 6.54 Å². The molecule has 0 spiro atoms. The maximum atomic E-state index is 10.9.